The molecule has 1 atom stereocenters. The van der Waals surface area contributed by atoms with Crippen molar-refractivity contribution < 1.29 is 0 Å². The van der Waals surface area contributed by atoms with Gasteiger partial charge in [-0.15, -0.1) is 0 Å². The molecule has 94 valence electrons. The number of nitrogens with zero attached hydrogens (tertiary/aromatic N) is 4. The van der Waals surface area contributed by atoms with Gasteiger partial charge in [0.25, 0.3) is 0 Å². The van der Waals surface area contributed by atoms with E-state index in [0.29, 0.717) is 12.0 Å². The van der Waals surface area contributed by atoms with Gasteiger partial charge in [-0.2, -0.15) is 4.98 Å². The fraction of sp³-hybridized carbons (Fsp3) is 0.667. The second-order valence-corrected chi connectivity index (χ2v) is 4.93. The first kappa shape index (κ1) is 12.1. The van der Waals surface area contributed by atoms with Crippen molar-refractivity contribution in [3.8, 4) is 0 Å². The number of aryl methyl sites for hydroxylation is 1. The molecule has 0 bridgehead atoms. The Morgan fingerprint density at radius 2 is 2.18 bits per heavy atom. The first-order valence-electron chi connectivity index (χ1n) is 6.09. The zero-order valence-electron chi connectivity index (χ0n) is 10.8. The van der Waals surface area contributed by atoms with Crippen LogP contribution in [-0.2, 0) is 0 Å². The molecule has 2 heterocycles. The van der Waals surface area contributed by atoms with Gasteiger partial charge in [-0.3, -0.25) is 0 Å². The molecule has 0 amide bonds. The van der Waals surface area contributed by atoms with Crippen LogP contribution >= 0.6 is 0 Å². The highest BCUT2D eigenvalue weighted by atomic mass is 15.3. The normalized spacial score (nSPS) is 20.9. The highest BCUT2D eigenvalue weighted by Crippen LogP contribution is 2.20. The second-order valence-electron chi connectivity index (χ2n) is 4.93. The van der Waals surface area contributed by atoms with E-state index in [2.05, 4.69) is 33.9 Å². The molecule has 1 aromatic heterocycles. The van der Waals surface area contributed by atoms with Crippen molar-refractivity contribution >= 4 is 11.8 Å². The molecule has 1 aliphatic rings. The van der Waals surface area contributed by atoms with Crippen molar-refractivity contribution in [3.05, 3.63) is 11.8 Å². The van der Waals surface area contributed by atoms with E-state index in [1.807, 2.05) is 13.0 Å². The zero-order valence-corrected chi connectivity index (χ0v) is 10.8. The Kier molecular flexibility index (Phi) is 3.47. The molecule has 2 N–H and O–H groups in total. The van der Waals surface area contributed by atoms with Gasteiger partial charge in [-0.1, -0.05) is 0 Å². The first-order chi connectivity index (χ1) is 8.06. The molecule has 1 unspecified atom stereocenters. The molecule has 5 nitrogen and oxygen atoms in total. The molecule has 5 heteroatoms. The van der Waals surface area contributed by atoms with E-state index in [0.717, 1.165) is 24.6 Å². The predicted octanol–water partition coefficient (Wildman–Crippen LogP) is 0.898. The van der Waals surface area contributed by atoms with Crippen LogP contribution in [-0.4, -0.2) is 48.1 Å². The summed E-state index contributed by atoms with van der Waals surface area (Å²) in [6.07, 6.45) is 2.45. The van der Waals surface area contributed by atoms with Crippen LogP contribution < -0.4 is 10.6 Å². The Morgan fingerprint density at radius 1 is 1.41 bits per heavy atom. The lowest BCUT2D eigenvalue weighted by Crippen LogP contribution is -2.45. The molecule has 1 aliphatic heterocycles. The largest absolute Gasteiger partial charge is 0.368 e. The second kappa shape index (κ2) is 4.87. The number of anilines is 2. The topological polar surface area (TPSA) is 58.3 Å². The molecule has 17 heavy (non-hydrogen) atoms. The van der Waals surface area contributed by atoms with Gasteiger partial charge >= 0.3 is 0 Å². The van der Waals surface area contributed by atoms with Gasteiger partial charge in [-0.25, -0.2) is 4.98 Å². The van der Waals surface area contributed by atoms with Crippen molar-refractivity contribution in [1.29, 1.82) is 0 Å². The smallest absolute Gasteiger partial charge is 0.222 e. The maximum atomic E-state index is 5.70. The van der Waals surface area contributed by atoms with Gasteiger partial charge in [0.2, 0.25) is 5.95 Å². The molecule has 0 aliphatic carbocycles. The molecule has 0 aromatic carbocycles. The number of hydrogen-bond acceptors (Lipinski definition) is 5. The number of aromatic nitrogens is 2. The Hall–Kier alpha value is -1.36. The minimum Gasteiger partial charge on any atom is -0.368 e. The Balaban J connectivity index is 2.16. The third-order valence-corrected chi connectivity index (χ3v) is 3.31. The molecule has 1 fully saturated rings. The zero-order chi connectivity index (χ0) is 12.4. The lowest BCUT2D eigenvalue weighted by molar-refractivity contribution is 0.257. The number of piperidine rings is 1. The van der Waals surface area contributed by atoms with E-state index in [1.165, 1.54) is 12.8 Å². The average molecular weight is 235 g/mol. The Bertz CT molecular complexity index is 370. The van der Waals surface area contributed by atoms with Gasteiger partial charge < -0.3 is 15.5 Å². The fourth-order valence-corrected chi connectivity index (χ4v) is 2.32. The molecular formula is C12H21N5. The quantitative estimate of drug-likeness (QED) is 0.825. The summed E-state index contributed by atoms with van der Waals surface area (Å²) in [5, 5.41) is 0. The van der Waals surface area contributed by atoms with E-state index in [1.54, 1.807) is 0 Å². The molecule has 1 saturated heterocycles. The summed E-state index contributed by atoms with van der Waals surface area (Å²) in [6.45, 7) is 4.03. The standard InChI is InChI=1S/C12H21N5/c1-9-7-11(15-12(13)14-9)17-6-4-5-10(8-17)16(2)3/h7,10H,4-6,8H2,1-3H3,(H2,13,14,15). The van der Waals surface area contributed by atoms with Crippen LogP contribution in [0.25, 0.3) is 0 Å². The van der Waals surface area contributed by atoms with Crippen LogP contribution in [0.15, 0.2) is 6.07 Å². The monoisotopic (exact) mass is 235 g/mol. The third-order valence-electron chi connectivity index (χ3n) is 3.31. The summed E-state index contributed by atoms with van der Waals surface area (Å²) in [4.78, 5) is 13.0. The highest BCUT2D eigenvalue weighted by molar-refractivity contribution is 5.43. The maximum absolute atomic E-state index is 5.70. The van der Waals surface area contributed by atoms with E-state index < -0.39 is 0 Å². The van der Waals surface area contributed by atoms with Crippen LogP contribution in [0.3, 0.4) is 0 Å². The van der Waals surface area contributed by atoms with Gasteiger partial charge in [0.1, 0.15) is 5.82 Å². The van der Waals surface area contributed by atoms with Crippen LogP contribution in [0.4, 0.5) is 11.8 Å². The van der Waals surface area contributed by atoms with Crippen molar-refractivity contribution in [1.82, 2.24) is 14.9 Å². The lowest BCUT2D eigenvalue weighted by atomic mass is 10.1. The summed E-state index contributed by atoms with van der Waals surface area (Å²) in [5.74, 6) is 1.33. The summed E-state index contributed by atoms with van der Waals surface area (Å²) in [5.41, 5.74) is 6.63. The molecule has 2 rings (SSSR count). The summed E-state index contributed by atoms with van der Waals surface area (Å²) in [7, 11) is 4.27. The van der Waals surface area contributed by atoms with Gasteiger partial charge in [0.15, 0.2) is 0 Å². The summed E-state index contributed by atoms with van der Waals surface area (Å²) >= 11 is 0. The van der Waals surface area contributed by atoms with Gasteiger partial charge in [0, 0.05) is 30.9 Å². The Morgan fingerprint density at radius 3 is 2.82 bits per heavy atom. The van der Waals surface area contributed by atoms with Crippen LogP contribution in [0.1, 0.15) is 18.5 Å². The molecule has 0 spiro atoms. The molecule has 0 saturated carbocycles. The first-order valence-corrected chi connectivity index (χ1v) is 6.09. The number of nitrogen functional groups attached to an aromatic ring is 1. The fourth-order valence-electron chi connectivity index (χ4n) is 2.32. The summed E-state index contributed by atoms with van der Waals surface area (Å²) in [6, 6.07) is 2.61. The van der Waals surface area contributed by atoms with E-state index >= 15 is 0 Å². The SMILES string of the molecule is Cc1cc(N2CCCC(N(C)C)C2)nc(N)n1. The number of likely N-dealkylation sites (N-methyl/N-ethyl adjacent to an activating group) is 1. The van der Waals surface area contributed by atoms with E-state index in [9.17, 15) is 0 Å². The van der Waals surface area contributed by atoms with E-state index in [-0.39, 0.29) is 0 Å². The van der Waals surface area contributed by atoms with Crippen molar-refractivity contribution in [2.75, 3.05) is 37.8 Å². The molecule has 1 aromatic rings. The maximum Gasteiger partial charge on any atom is 0.222 e. The highest BCUT2D eigenvalue weighted by Gasteiger charge is 2.22. The average Bonchev–Trinajstić information content (AvgIpc) is 2.28. The van der Waals surface area contributed by atoms with Gasteiger partial charge in [0.05, 0.1) is 0 Å². The minimum atomic E-state index is 0.368. The van der Waals surface area contributed by atoms with Gasteiger partial charge in [-0.05, 0) is 33.9 Å². The third kappa shape index (κ3) is 2.85. The number of nitrogens with two attached hydrogens (primary N) is 1. The predicted molar refractivity (Wildman–Crippen MR) is 70.1 cm³/mol. The number of hydrogen-bond donors (Lipinski definition) is 1. The molecule has 0 radical (unpaired) electrons. The van der Waals surface area contributed by atoms with Crippen LogP contribution in [0.2, 0.25) is 0 Å². The number of rotatable bonds is 2. The minimum absolute atomic E-state index is 0.368. The van der Waals surface area contributed by atoms with E-state index in [4.69, 9.17) is 5.73 Å². The Labute approximate surface area is 103 Å². The van der Waals surface area contributed by atoms with Crippen molar-refractivity contribution in [2.45, 2.75) is 25.8 Å². The van der Waals surface area contributed by atoms with Crippen molar-refractivity contribution in [2.24, 2.45) is 0 Å². The van der Waals surface area contributed by atoms with Crippen LogP contribution in [0.5, 0.6) is 0 Å². The van der Waals surface area contributed by atoms with Crippen LogP contribution in [0, 0.1) is 6.92 Å². The lowest BCUT2D eigenvalue weighted by Gasteiger charge is -2.36. The summed E-state index contributed by atoms with van der Waals surface area (Å²) < 4.78 is 0. The molecular weight excluding hydrogens is 214 g/mol. The van der Waals surface area contributed by atoms with Crippen molar-refractivity contribution in [3.63, 3.8) is 0 Å².